The van der Waals surface area contributed by atoms with Crippen LogP contribution in [-0.2, 0) is 6.54 Å². The predicted molar refractivity (Wildman–Crippen MR) is 100 cm³/mol. The molecule has 0 bridgehead atoms. The number of rotatable bonds is 6. The number of furan rings is 1. The Morgan fingerprint density at radius 3 is 2.92 bits per heavy atom. The van der Waals surface area contributed by atoms with Gasteiger partial charge < -0.3 is 14.6 Å². The number of aromatic amines is 1. The third kappa shape index (κ3) is 3.62. The molecule has 0 spiro atoms. The van der Waals surface area contributed by atoms with Gasteiger partial charge in [-0.2, -0.15) is 5.10 Å². The number of para-hydroxylation sites is 1. The van der Waals surface area contributed by atoms with E-state index in [1.165, 1.54) is 38.9 Å². The van der Waals surface area contributed by atoms with Crippen LogP contribution in [0.25, 0.3) is 22.4 Å². The van der Waals surface area contributed by atoms with Gasteiger partial charge in [0.15, 0.2) is 5.76 Å². The number of nitrogens with zero attached hydrogens (tertiary/aromatic N) is 2. The summed E-state index contributed by atoms with van der Waals surface area (Å²) in [6.07, 6.45) is 5.59. The highest BCUT2D eigenvalue weighted by atomic mass is 16.3. The van der Waals surface area contributed by atoms with E-state index in [2.05, 4.69) is 39.5 Å². The molecular weight excluding hydrogens is 312 g/mol. The minimum atomic E-state index is 0.589. The third-order valence-corrected chi connectivity index (χ3v) is 5.10. The van der Waals surface area contributed by atoms with Gasteiger partial charge in [-0.3, -0.25) is 5.10 Å². The van der Waals surface area contributed by atoms with Gasteiger partial charge >= 0.3 is 0 Å². The Bertz CT molecular complexity index is 781. The van der Waals surface area contributed by atoms with Crippen LogP contribution in [0, 0.1) is 0 Å². The van der Waals surface area contributed by atoms with Crippen molar-refractivity contribution in [1.82, 2.24) is 20.4 Å². The molecule has 0 atom stereocenters. The van der Waals surface area contributed by atoms with Crippen LogP contribution in [0.15, 0.2) is 40.9 Å². The minimum absolute atomic E-state index is 0.589. The molecule has 3 heterocycles. The Morgan fingerprint density at radius 1 is 1.28 bits per heavy atom. The predicted octanol–water partition coefficient (Wildman–Crippen LogP) is 3.79. The van der Waals surface area contributed by atoms with Gasteiger partial charge in [0.2, 0.25) is 0 Å². The summed E-state index contributed by atoms with van der Waals surface area (Å²) in [7, 11) is 0. The molecule has 0 saturated carbocycles. The molecule has 1 aliphatic rings. The van der Waals surface area contributed by atoms with Crippen molar-refractivity contribution in [2.24, 2.45) is 0 Å². The van der Waals surface area contributed by atoms with E-state index >= 15 is 0 Å². The number of benzene rings is 1. The third-order valence-electron chi connectivity index (χ3n) is 5.10. The van der Waals surface area contributed by atoms with Crippen LogP contribution in [0.4, 0.5) is 0 Å². The van der Waals surface area contributed by atoms with E-state index in [0.29, 0.717) is 6.04 Å². The lowest BCUT2D eigenvalue weighted by atomic mass is 10.0. The molecule has 1 aliphatic heterocycles. The summed E-state index contributed by atoms with van der Waals surface area (Å²) in [5.41, 5.74) is 3.05. The molecular formula is C20H26N4O. The molecule has 5 heteroatoms. The molecule has 3 aromatic rings. The van der Waals surface area contributed by atoms with Gasteiger partial charge in [0, 0.05) is 23.5 Å². The average Bonchev–Trinajstić information content (AvgIpc) is 3.27. The molecule has 5 nitrogen and oxygen atoms in total. The Labute approximate surface area is 148 Å². The molecule has 25 heavy (non-hydrogen) atoms. The van der Waals surface area contributed by atoms with E-state index in [1.54, 1.807) is 0 Å². The number of nitrogens with one attached hydrogen (secondary N) is 2. The lowest BCUT2D eigenvalue weighted by molar-refractivity contribution is 0.197. The molecule has 0 unspecified atom stereocenters. The Morgan fingerprint density at radius 2 is 2.12 bits per heavy atom. The number of H-pyrrole nitrogens is 1. The number of likely N-dealkylation sites (tertiary alicyclic amines) is 1. The zero-order valence-corrected chi connectivity index (χ0v) is 14.8. The minimum Gasteiger partial charge on any atom is -0.454 e. The van der Waals surface area contributed by atoms with Gasteiger partial charge in [0.1, 0.15) is 11.3 Å². The topological polar surface area (TPSA) is 57.1 Å². The van der Waals surface area contributed by atoms with Gasteiger partial charge in [0.05, 0.1) is 6.20 Å². The normalized spacial score (nSPS) is 16.7. The molecule has 1 fully saturated rings. The Balaban J connectivity index is 1.40. The number of piperidine rings is 1. The van der Waals surface area contributed by atoms with Gasteiger partial charge in [-0.15, -0.1) is 0 Å². The van der Waals surface area contributed by atoms with Crippen molar-refractivity contribution in [1.29, 1.82) is 0 Å². The highest BCUT2D eigenvalue weighted by Crippen LogP contribution is 2.28. The van der Waals surface area contributed by atoms with E-state index in [-0.39, 0.29) is 0 Å². The molecule has 4 rings (SSSR count). The fourth-order valence-corrected chi connectivity index (χ4v) is 3.69. The summed E-state index contributed by atoms with van der Waals surface area (Å²) in [5, 5.41) is 12.2. The van der Waals surface area contributed by atoms with E-state index < -0.39 is 0 Å². The second-order valence-corrected chi connectivity index (χ2v) is 6.92. The van der Waals surface area contributed by atoms with Crippen LogP contribution in [0.5, 0.6) is 0 Å². The van der Waals surface area contributed by atoms with Gasteiger partial charge in [0.25, 0.3) is 0 Å². The van der Waals surface area contributed by atoms with E-state index in [0.717, 1.165) is 34.5 Å². The summed E-state index contributed by atoms with van der Waals surface area (Å²) in [6, 6.07) is 10.8. The second-order valence-electron chi connectivity index (χ2n) is 6.92. The zero-order valence-electron chi connectivity index (χ0n) is 14.8. The van der Waals surface area contributed by atoms with E-state index in [4.69, 9.17) is 4.42 Å². The quantitative estimate of drug-likeness (QED) is 0.718. The van der Waals surface area contributed by atoms with Crippen LogP contribution in [-0.4, -0.2) is 40.8 Å². The van der Waals surface area contributed by atoms with E-state index in [1.807, 2.05) is 24.4 Å². The molecule has 1 saturated heterocycles. The van der Waals surface area contributed by atoms with Crippen molar-refractivity contribution in [2.75, 3.05) is 19.6 Å². The van der Waals surface area contributed by atoms with Crippen LogP contribution in [0.1, 0.15) is 31.7 Å². The van der Waals surface area contributed by atoms with Gasteiger partial charge in [-0.25, -0.2) is 0 Å². The van der Waals surface area contributed by atoms with Crippen molar-refractivity contribution in [3.8, 4) is 11.5 Å². The van der Waals surface area contributed by atoms with Crippen molar-refractivity contribution >= 4 is 11.0 Å². The molecule has 0 amide bonds. The SMILES string of the molecule is CCCN1CCC(NCc2cn[nH]c2-c2cc3ccccc3o2)CC1. The fourth-order valence-electron chi connectivity index (χ4n) is 3.69. The number of aromatic nitrogens is 2. The van der Waals surface area contributed by atoms with Crippen molar-refractivity contribution in [2.45, 2.75) is 38.8 Å². The first-order chi connectivity index (χ1) is 12.3. The van der Waals surface area contributed by atoms with Crippen molar-refractivity contribution in [3.63, 3.8) is 0 Å². The van der Waals surface area contributed by atoms with Crippen LogP contribution < -0.4 is 5.32 Å². The standard InChI is InChI=1S/C20H26N4O/c1-2-9-24-10-7-17(8-11-24)21-13-16-14-22-23-20(16)19-12-15-5-3-4-6-18(15)25-19/h3-6,12,14,17,21H,2,7-11,13H2,1H3,(H,22,23). The van der Waals surface area contributed by atoms with Crippen LogP contribution in [0.2, 0.25) is 0 Å². The van der Waals surface area contributed by atoms with Crippen molar-refractivity contribution in [3.05, 3.63) is 42.1 Å². The fraction of sp³-hybridized carbons (Fsp3) is 0.450. The Kier molecular flexibility index (Phi) is 4.85. The highest BCUT2D eigenvalue weighted by Gasteiger charge is 2.19. The molecule has 2 aromatic heterocycles. The van der Waals surface area contributed by atoms with Crippen LogP contribution in [0.3, 0.4) is 0 Å². The zero-order chi connectivity index (χ0) is 17.1. The first kappa shape index (κ1) is 16.4. The first-order valence-electron chi connectivity index (χ1n) is 9.30. The van der Waals surface area contributed by atoms with Gasteiger partial charge in [-0.1, -0.05) is 25.1 Å². The lowest BCUT2D eigenvalue weighted by Gasteiger charge is -2.32. The summed E-state index contributed by atoms with van der Waals surface area (Å²) in [6.45, 7) is 6.70. The maximum atomic E-state index is 5.98. The lowest BCUT2D eigenvalue weighted by Crippen LogP contribution is -2.42. The largest absolute Gasteiger partial charge is 0.454 e. The average molecular weight is 338 g/mol. The molecule has 0 radical (unpaired) electrons. The molecule has 2 N–H and O–H groups in total. The highest BCUT2D eigenvalue weighted by molar-refractivity contribution is 5.82. The maximum Gasteiger partial charge on any atom is 0.153 e. The smallest absolute Gasteiger partial charge is 0.153 e. The summed E-state index contributed by atoms with van der Waals surface area (Å²) < 4.78 is 5.98. The van der Waals surface area contributed by atoms with Crippen LogP contribution >= 0.6 is 0 Å². The molecule has 132 valence electrons. The maximum absolute atomic E-state index is 5.98. The van der Waals surface area contributed by atoms with E-state index in [9.17, 15) is 0 Å². The molecule has 0 aliphatic carbocycles. The number of hydrogen-bond donors (Lipinski definition) is 2. The van der Waals surface area contributed by atoms with Gasteiger partial charge in [-0.05, 0) is 51.0 Å². The monoisotopic (exact) mass is 338 g/mol. The summed E-state index contributed by atoms with van der Waals surface area (Å²) in [5.74, 6) is 0.855. The second kappa shape index (κ2) is 7.42. The number of hydrogen-bond acceptors (Lipinski definition) is 4. The Hall–Kier alpha value is -2.11. The summed E-state index contributed by atoms with van der Waals surface area (Å²) >= 11 is 0. The van der Waals surface area contributed by atoms with Crippen molar-refractivity contribution < 1.29 is 4.42 Å². The first-order valence-corrected chi connectivity index (χ1v) is 9.30. The summed E-state index contributed by atoms with van der Waals surface area (Å²) in [4.78, 5) is 2.57. The molecule has 1 aromatic carbocycles. The number of fused-ring (bicyclic) bond motifs is 1.